The van der Waals surface area contributed by atoms with Crippen LogP contribution < -0.4 is 18.6 Å². The number of hydrogen-bond acceptors (Lipinski definition) is 4. The van der Waals surface area contributed by atoms with Gasteiger partial charge >= 0.3 is 0 Å². The molecule has 0 aliphatic heterocycles. The van der Waals surface area contributed by atoms with Gasteiger partial charge in [0, 0.05) is 19.5 Å². The normalized spacial score (nSPS) is 6.00. The molecule has 7 heteroatoms. The molecule has 0 radical (unpaired) electrons. The fourth-order valence-corrected chi connectivity index (χ4v) is 0.0577. The second-order valence-electron chi connectivity index (χ2n) is 1.02. The maximum atomic E-state index is 8.17. The third-order valence-electron chi connectivity index (χ3n) is 0.421. The van der Waals surface area contributed by atoms with E-state index in [1.165, 1.54) is 0 Å². The summed E-state index contributed by atoms with van der Waals surface area (Å²) < 4.78 is 0. The first-order chi connectivity index (χ1) is 2.81. The van der Waals surface area contributed by atoms with E-state index in [0.717, 1.165) is 0 Å². The molecule has 0 aliphatic carbocycles. The van der Waals surface area contributed by atoms with E-state index < -0.39 is 6.10 Å². The van der Waals surface area contributed by atoms with Gasteiger partial charge in [0.2, 0.25) is 0 Å². The van der Waals surface area contributed by atoms with Crippen LogP contribution in [-0.4, -0.2) is 34.6 Å². The Balaban J connectivity index is -0.0000000208. The van der Waals surface area contributed by atoms with Gasteiger partial charge in [-0.05, 0) is 0 Å². The second kappa shape index (κ2) is 22.5. The van der Waals surface area contributed by atoms with Crippen molar-refractivity contribution in [1.29, 1.82) is 0 Å². The van der Waals surface area contributed by atoms with Crippen molar-refractivity contribution in [2.75, 3.05) is 13.2 Å². The van der Waals surface area contributed by atoms with Gasteiger partial charge in [-0.1, -0.05) is 0 Å². The standard InChI is InChI=1S/C3H8O3.2ClH.H3N.Zn/c4-1-3(6)2-5;;;;/h3-6H,1-2H2;2*1H;1H3;/p-1. The molecule has 0 aromatic rings. The van der Waals surface area contributed by atoms with Gasteiger partial charge in [0.1, 0.15) is 6.10 Å². The topological polar surface area (TPSA) is 95.7 Å². The van der Waals surface area contributed by atoms with Gasteiger partial charge in [0.05, 0.1) is 13.2 Å². The summed E-state index contributed by atoms with van der Waals surface area (Å²) in [5.74, 6) is 0. The summed E-state index contributed by atoms with van der Waals surface area (Å²) in [5, 5.41) is 24.0. The fraction of sp³-hybridized carbons (Fsp3) is 1.00. The van der Waals surface area contributed by atoms with Gasteiger partial charge < -0.3 is 33.9 Å². The Morgan fingerprint density at radius 1 is 1.10 bits per heavy atom. The summed E-state index contributed by atoms with van der Waals surface area (Å²) in [7, 11) is 0. The Hall–Kier alpha value is 1.04. The molecule has 0 heterocycles. The van der Waals surface area contributed by atoms with Crippen LogP contribution >= 0.6 is 12.4 Å². The predicted molar refractivity (Wildman–Crippen MR) is 32.4 cm³/mol. The minimum Gasteiger partial charge on any atom is -1.00 e. The molecule has 4 nitrogen and oxygen atoms in total. The van der Waals surface area contributed by atoms with Crippen molar-refractivity contribution in [2.45, 2.75) is 6.10 Å². The molecule has 6 N–H and O–H groups in total. The zero-order valence-electron chi connectivity index (χ0n) is 5.53. The van der Waals surface area contributed by atoms with Gasteiger partial charge in [0.15, 0.2) is 0 Å². The number of aliphatic hydroxyl groups is 3. The summed E-state index contributed by atoms with van der Waals surface area (Å²) in [6.45, 7) is -0.729. The molecular weight excluding hydrogens is 234 g/mol. The Labute approximate surface area is 85.2 Å². The summed E-state index contributed by atoms with van der Waals surface area (Å²) in [5.41, 5.74) is 0. The third kappa shape index (κ3) is 23.0. The van der Waals surface area contributed by atoms with Crippen LogP contribution in [0.2, 0.25) is 0 Å². The van der Waals surface area contributed by atoms with Crippen LogP contribution in [0.4, 0.5) is 0 Å². The first kappa shape index (κ1) is 30.5. The molecule has 0 aliphatic rings. The number of aliphatic hydroxyl groups excluding tert-OH is 3. The van der Waals surface area contributed by atoms with Gasteiger partial charge in [-0.15, -0.1) is 12.4 Å². The first-order valence-corrected chi connectivity index (χ1v) is 1.71. The molecule has 0 aromatic carbocycles. The molecule has 0 saturated carbocycles. The van der Waals surface area contributed by atoms with Crippen molar-refractivity contribution < 1.29 is 47.2 Å². The van der Waals surface area contributed by atoms with Crippen LogP contribution in [0.3, 0.4) is 0 Å². The van der Waals surface area contributed by atoms with Crippen molar-refractivity contribution in [3.05, 3.63) is 0 Å². The van der Waals surface area contributed by atoms with Crippen LogP contribution in [0.1, 0.15) is 0 Å². The molecule has 0 bridgehead atoms. The van der Waals surface area contributed by atoms with Crippen molar-refractivity contribution in [3.8, 4) is 0 Å². The quantitative estimate of drug-likeness (QED) is 0.373. The number of rotatable bonds is 2. The zero-order chi connectivity index (χ0) is 4.99. The van der Waals surface area contributed by atoms with E-state index in [0.29, 0.717) is 0 Å². The van der Waals surface area contributed by atoms with E-state index in [4.69, 9.17) is 15.3 Å². The summed E-state index contributed by atoms with van der Waals surface area (Å²) in [6.07, 6.45) is -0.954. The number of hydrogen-bond donors (Lipinski definition) is 4. The minimum atomic E-state index is -0.954. The molecule has 0 unspecified atom stereocenters. The van der Waals surface area contributed by atoms with Gasteiger partial charge in [-0.2, -0.15) is 0 Å². The molecule has 0 atom stereocenters. The van der Waals surface area contributed by atoms with E-state index in [1.807, 2.05) is 0 Å². The van der Waals surface area contributed by atoms with E-state index in [1.54, 1.807) is 0 Å². The summed E-state index contributed by atoms with van der Waals surface area (Å²) in [6, 6.07) is 0. The van der Waals surface area contributed by atoms with Crippen LogP contribution in [-0.2, 0) is 19.5 Å². The maximum absolute atomic E-state index is 8.17. The monoisotopic (exact) mass is 244 g/mol. The molecule has 0 spiro atoms. The molecule has 0 fully saturated rings. The zero-order valence-corrected chi connectivity index (χ0v) is 10.1. The van der Waals surface area contributed by atoms with Crippen LogP contribution in [0, 0.1) is 0 Å². The van der Waals surface area contributed by atoms with Gasteiger partial charge in [-0.25, -0.2) is 0 Å². The average Bonchev–Trinajstić information content (AvgIpc) is 1.65. The molecule has 10 heavy (non-hydrogen) atoms. The molecule has 0 rings (SSSR count). The van der Waals surface area contributed by atoms with Crippen LogP contribution in [0.15, 0.2) is 0 Å². The Morgan fingerprint density at radius 2 is 1.30 bits per heavy atom. The van der Waals surface area contributed by atoms with Gasteiger partial charge in [0.25, 0.3) is 0 Å². The van der Waals surface area contributed by atoms with Crippen molar-refractivity contribution in [1.82, 2.24) is 6.15 Å². The molecule has 0 saturated heterocycles. The minimum absolute atomic E-state index is 0. The Kier molecular flexibility index (Phi) is 68.6. The SMILES string of the molecule is Cl.N.OCC(O)CO.[Cl-].[Zn]. The first-order valence-electron chi connectivity index (χ1n) is 1.71. The fourth-order valence-electron chi connectivity index (χ4n) is 0.0577. The predicted octanol–water partition coefficient (Wildman–Crippen LogP) is -4.08. The van der Waals surface area contributed by atoms with E-state index in [-0.39, 0.29) is 63.7 Å². The second-order valence-corrected chi connectivity index (χ2v) is 1.02. The summed E-state index contributed by atoms with van der Waals surface area (Å²) in [4.78, 5) is 0. The van der Waals surface area contributed by atoms with Crippen molar-refractivity contribution in [2.24, 2.45) is 0 Å². The Morgan fingerprint density at radius 3 is 1.30 bits per heavy atom. The van der Waals surface area contributed by atoms with E-state index in [9.17, 15) is 0 Å². The van der Waals surface area contributed by atoms with Crippen LogP contribution in [0.25, 0.3) is 0 Å². The third-order valence-corrected chi connectivity index (χ3v) is 0.421. The smallest absolute Gasteiger partial charge is 0.100 e. The van der Waals surface area contributed by atoms with E-state index in [2.05, 4.69) is 0 Å². The molecular formula is C3H12Cl2NO3Zn-. The Bertz CT molecular complexity index is 40.9. The number of halogens is 2. The average molecular weight is 246 g/mol. The van der Waals surface area contributed by atoms with Crippen LogP contribution in [0.5, 0.6) is 0 Å². The molecule has 0 amide bonds. The van der Waals surface area contributed by atoms with Crippen molar-refractivity contribution in [3.63, 3.8) is 0 Å². The van der Waals surface area contributed by atoms with Crippen molar-refractivity contribution >= 4 is 12.4 Å². The summed E-state index contributed by atoms with van der Waals surface area (Å²) >= 11 is 0. The van der Waals surface area contributed by atoms with E-state index >= 15 is 0 Å². The largest absolute Gasteiger partial charge is 1.00 e. The molecule has 0 aromatic heterocycles. The van der Waals surface area contributed by atoms with Gasteiger partial charge in [-0.3, -0.25) is 0 Å². The maximum Gasteiger partial charge on any atom is 0.100 e. The molecule has 64 valence electrons.